The van der Waals surface area contributed by atoms with Crippen molar-refractivity contribution >= 4 is 23.4 Å². The van der Waals surface area contributed by atoms with Crippen LogP contribution in [0.2, 0.25) is 0 Å². The molecule has 0 bridgehead atoms. The molecule has 0 unspecified atom stereocenters. The number of hydrogen-bond acceptors (Lipinski definition) is 5. The Morgan fingerprint density at radius 1 is 1.48 bits per heavy atom. The number of carboxylic acids is 1. The number of nitro groups is 1. The van der Waals surface area contributed by atoms with E-state index in [0.29, 0.717) is 11.1 Å². The van der Waals surface area contributed by atoms with E-state index in [0.717, 1.165) is 23.5 Å². The highest BCUT2D eigenvalue weighted by atomic mass is 32.2. The number of nitrogens with zero attached hydrogens (tertiary/aromatic N) is 3. The lowest BCUT2D eigenvalue weighted by molar-refractivity contribution is -0.385. The highest BCUT2D eigenvalue weighted by Gasteiger charge is 2.24. The zero-order chi connectivity index (χ0) is 15.7. The fourth-order valence-electron chi connectivity index (χ4n) is 1.74. The van der Waals surface area contributed by atoms with E-state index in [4.69, 9.17) is 5.11 Å². The van der Waals surface area contributed by atoms with Gasteiger partial charge in [-0.25, -0.2) is 9.18 Å². The molecule has 7 nitrogen and oxygen atoms in total. The number of hydrogen-bond donors (Lipinski definition) is 1. The maximum absolute atomic E-state index is 13.9. The Kier molecular flexibility index (Phi) is 3.94. The van der Waals surface area contributed by atoms with E-state index < -0.39 is 28.0 Å². The number of carboxylic acid groups (broad SMARTS) is 1. The maximum atomic E-state index is 13.9. The molecule has 0 aliphatic carbocycles. The summed E-state index contributed by atoms with van der Waals surface area (Å²) in [6.45, 7) is 1.76. The Bertz CT molecular complexity index is 744. The summed E-state index contributed by atoms with van der Waals surface area (Å²) in [5, 5.41) is 24.4. The number of carbonyl (C=O) groups is 1. The molecule has 0 fully saturated rings. The molecule has 0 amide bonds. The molecule has 0 spiro atoms. The summed E-state index contributed by atoms with van der Waals surface area (Å²) in [6, 6.07) is 3.28. The van der Waals surface area contributed by atoms with E-state index in [1.807, 2.05) is 0 Å². The molecule has 0 saturated heterocycles. The Labute approximate surface area is 122 Å². The van der Waals surface area contributed by atoms with Gasteiger partial charge in [0.2, 0.25) is 0 Å². The molecule has 21 heavy (non-hydrogen) atoms. The van der Waals surface area contributed by atoms with Crippen LogP contribution in [0.4, 0.5) is 10.1 Å². The number of benzene rings is 1. The van der Waals surface area contributed by atoms with Gasteiger partial charge in [-0.1, -0.05) is 11.8 Å². The summed E-state index contributed by atoms with van der Waals surface area (Å²) in [7, 11) is 1.66. The second kappa shape index (κ2) is 5.52. The van der Waals surface area contributed by atoms with E-state index in [1.54, 1.807) is 20.0 Å². The number of rotatable bonds is 4. The van der Waals surface area contributed by atoms with Crippen LogP contribution in [0, 0.1) is 22.9 Å². The van der Waals surface area contributed by atoms with Gasteiger partial charge in [-0.15, -0.1) is 0 Å². The summed E-state index contributed by atoms with van der Waals surface area (Å²) in [5.74, 6) is -2.33. The smallest absolute Gasteiger partial charge is 0.342 e. The van der Waals surface area contributed by atoms with Crippen LogP contribution in [0.15, 0.2) is 28.1 Å². The third kappa shape index (κ3) is 3.02. The summed E-state index contributed by atoms with van der Waals surface area (Å²) in [4.78, 5) is 20.9. The largest absolute Gasteiger partial charge is 0.477 e. The average Bonchev–Trinajstić information content (AvgIpc) is 2.69. The minimum atomic E-state index is -1.48. The molecule has 1 heterocycles. The van der Waals surface area contributed by atoms with Crippen LogP contribution in [0.3, 0.4) is 0 Å². The molecule has 0 radical (unpaired) electrons. The van der Waals surface area contributed by atoms with Crippen LogP contribution < -0.4 is 0 Å². The molecule has 110 valence electrons. The van der Waals surface area contributed by atoms with Gasteiger partial charge in [0.05, 0.1) is 26.6 Å². The third-order valence-electron chi connectivity index (χ3n) is 2.65. The summed E-state index contributed by atoms with van der Waals surface area (Å²) < 4.78 is 15.4. The maximum Gasteiger partial charge on any atom is 0.342 e. The van der Waals surface area contributed by atoms with Crippen LogP contribution in [0.25, 0.3) is 0 Å². The van der Waals surface area contributed by atoms with Gasteiger partial charge in [-0.3, -0.25) is 14.8 Å². The third-order valence-corrected chi connectivity index (χ3v) is 3.77. The second-order valence-electron chi connectivity index (χ2n) is 4.21. The summed E-state index contributed by atoms with van der Waals surface area (Å²) >= 11 is 0.953. The highest BCUT2D eigenvalue weighted by Crippen LogP contribution is 2.34. The predicted molar refractivity (Wildman–Crippen MR) is 72.1 cm³/mol. The van der Waals surface area contributed by atoms with Gasteiger partial charge >= 0.3 is 5.97 Å². The van der Waals surface area contributed by atoms with Crippen molar-refractivity contribution in [3.63, 3.8) is 0 Å². The minimum Gasteiger partial charge on any atom is -0.477 e. The van der Waals surface area contributed by atoms with E-state index in [9.17, 15) is 19.3 Å². The van der Waals surface area contributed by atoms with Crippen molar-refractivity contribution in [1.29, 1.82) is 0 Å². The number of aromatic carboxylic acids is 1. The van der Waals surface area contributed by atoms with Crippen molar-refractivity contribution in [2.24, 2.45) is 7.05 Å². The molecule has 2 aromatic rings. The molecule has 1 aromatic heterocycles. The fourth-order valence-corrected chi connectivity index (χ4v) is 2.70. The Balaban J connectivity index is 2.50. The highest BCUT2D eigenvalue weighted by molar-refractivity contribution is 7.99. The number of halogens is 1. The van der Waals surface area contributed by atoms with Gasteiger partial charge in [0.15, 0.2) is 0 Å². The van der Waals surface area contributed by atoms with Crippen molar-refractivity contribution in [2.75, 3.05) is 0 Å². The first-order valence-corrected chi connectivity index (χ1v) is 6.51. The van der Waals surface area contributed by atoms with Crippen molar-refractivity contribution in [2.45, 2.75) is 16.8 Å². The molecule has 1 aromatic carbocycles. The van der Waals surface area contributed by atoms with Crippen molar-refractivity contribution in [1.82, 2.24) is 9.78 Å². The Morgan fingerprint density at radius 3 is 2.62 bits per heavy atom. The lowest BCUT2D eigenvalue weighted by Gasteiger charge is -2.05. The van der Waals surface area contributed by atoms with Crippen molar-refractivity contribution in [3.8, 4) is 0 Å². The van der Waals surface area contributed by atoms with Crippen molar-refractivity contribution < 1.29 is 19.2 Å². The molecule has 0 saturated carbocycles. The van der Waals surface area contributed by atoms with Gasteiger partial charge in [-0.2, -0.15) is 5.10 Å². The lowest BCUT2D eigenvalue weighted by atomic mass is 10.2. The SMILES string of the molecule is Cc1cc(Sc2cc(C(=O)O)c([N+](=O)[O-])cc2F)n(C)n1. The Hall–Kier alpha value is -2.42. The van der Waals surface area contributed by atoms with Crippen LogP contribution in [0.5, 0.6) is 0 Å². The fraction of sp³-hybridized carbons (Fsp3) is 0.167. The molecule has 0 aliphatic rings. The first kappa shape index (κ1) is 15.0. The zero-order valence-electron chi connectivity index (χ0n) is 11.0. The van der Waals surface area contributed by atoms with Crippen LogP contribution >= 0.6 is 11.8 Å². The van der Waals surface area contributed by atoms with Gasteiger partial charge in [0, 0.05) is 7.05 Å². The minimum absolute atomic E-state index is 0.0130. The first-order valence-electron chi connectivity index (χ1n) is 5.69. The summed E-state index contributed by atoms with van der Waals surface area (Å²) in [5.41, 5.74) is -0.603. The Morgan fingerprint density at radius 2 is 2.14 bits per heavy atom. The second-order valence-corrected chi connectivity index (χ2v) is 5.27. The van der Waals surface area contributed by atoms with Crippen molar-refractivity contribution in [3.05, 3.63) is 45.4 Å². The lowest BCUT2D eigenvalue weighted by Crippen LogP contribution is -2.04. The molecule has 1 N–H and O–H groups in total. The van der Waals surface area contributed by atoms with E-state index in [1.165, 1.54) is 4.68 Å². The molecule has 2 rings (SSSR count). The van der Waals surface area contributed by atoms with Crippen LogP contribution in [-0.4, -0.2) is 25.8 Å². The quantitative estimate of drug-likeness (QED) is 0.688. The van der Waals surface area contributed by atoms with Gasteiger partial charge in [0.1, 0.15) is 11.4 Å². The van der Waals surface area contributed by atoms with Crippen LogP contribution in [-0.2, 0) is 7.05 Å². The molecule has 9 heteroatoms. The average molecular weight is 311 g/mol. The molecular formula is C12H10FN3O4S. The topological polar surface area (TPSA) is 98.3 Å². The standard InChI is InChI=1S/C12H10FN3O4S/c1-6-3-11(15(2)14-6)21-10-4-7(12(17)18)9(16(19)20)5-8(10)13/h3-5H,1-2H3,(H,17,18). The molecule has 0 aliphatic heterocycles. The van der Waals surface area contributed by atoms with Gasteiger partial charge < -0.3 is 5.11 Å². The number of nitro benzene ring substituents is 1. The first-order chi connectivity index (χ1) is 9.79. The van der Waals surface area contributed by atoms with Crippen LogP contribution in [0.1, 0.15) is 16.1 Å². The monoisotopic (exact) mass is 311 g/mol. The van der Waals surface area contributed by atoms with E-state index in [-0.39, 0.29) is 4.90 Å². The normalized spacial score (nSPS) is 10.6. The van der Waals surface area contributed by atoms with E-state index in [2.05, 4.69) is 5.10 Å². The molecular weight excluding hydrogens is 301 g/mol. The zero-order valence-corrected chi connectivity index (χ0v) is 11.8. The predicted octanol–water partition coefficient (Wildman–Crippen LogP) is 2.63. The number of aromatic nitrogens is 2. The number of aryl methyl sites for hydroxylation is 2. The van der Waals surface area contributed by atoms with Gasteiger partial charge in [-0.05, 0) is 19.1 Å². The van der Waals surface area contributed by atoms with Gasteiger partial charge in [0.25, 0.3) is 5.69 Å². The van der Waals surface area contributed by atoms with E-state index >= 15 is 0 Å². The summed E-state index contributed by atoms with van der Waals surface area (Å²) in [6.07, 6.45) is 0. The molecule has 0 atom stereocenters.